The first kappa shape index (κ1) is 17.9. The number of amides is 1. The van der Waals surface area contributed by atoms with Crippen molar-refractivity contribution in [2.24, 2.45) is 0 Å². The SMILES string of the molecule is CC(C)c1noc(CNc2ccccc2NC(=O)c2ccc(Cl)cc2)n1. The summed E-state index contributed by atoms with van der Waals surface area (Å²) in [6.07, 6.45) is 0. The molecule has 1 aromatic heterocycles. The van der Waals surface area contributed by atoms with Crippen molar-refractivity contribution in [2.75, 3.05) is 10.6 Å². The summed E-state index contributed by atoms with van der Waals surface area (Å²) in [7, 11) is 0. The number of nitrogens with one attached hydrogen (secondary N) is 2. The fourth-order valence-electron chi connectivity index (χ4n) is 2.29. The molecule has 1 heterocycles. The number of anilines is 2. The summed E-state index contributed by atoms with van der Waals surface area (Å²) in [5, 5.41) is 10.6. The molecule has 2 aromatic carbocycles. The lowest BCUT2D eigenvalue weighted by Gasteiger charge is -2.12. The summed E-state index contributed by atoms with van der Waals surface area (Å²) >= 11 is 5.86. The molecule has 7 heteroatoms. The molecule has 26 heavy (non-hydrogen) atoms. The molecule has 0 radical (unpaired) electrons. The second-order valence-corrected chi connectivity index (χ2v) is 6.50. The Morgan fingerprint density at radius 1 is 1.12 bits per heavy atom. The number of nitrogens with zero attached hydrogens (tertiary/aromatic N) is 2. The highest BCUT2D eigenvalue weighted by Gasteiger charge is 2.12. The molecular formula is C19H19ClN4O2. The molecule has 3 aromatic rings. The molecule has 6 nitrogen and oxygen atoms in total. The van der Waals surface area contributed by atoms with Gasteiger partial charge in [-0.25, -0.2) is 0 Å². The monoisotopic (exact) mass is 370 g/mol. The Hall–Kier alpha value is -2.86. The Bertz CT molecular complexity index is 891. The van der Waals surface area contributed by atoms with Crippen LogP contribution in [0.1, 0.15) is 41.8 Å². The van der Waals surface area contributed by atoms with Crippen LogP contribution < -0.4 is 10.6 Å². The zero-order valence-electron chi connectivity index (χ0n) is 14.5. The zero-order chi connectivity index (χ0) is 18.5. The van der Waals surface area contributed by atoms with E-state index in [1.807, 2.05) is 38.1 Å². The van der Waals surface area contributed by atoms with Gasteiger partial charge in [-0.3, -0.25) is 4.79 Å². The summed E-state index contributed by atoms with van der Waals surface area (Å²) in [5.41, 5.74) is 1.96. The molecule has 0 saturated carbocycles. The standard InChI is InChI=1S/C19H19ClN4O2/c1-12(2)18-23-17(26-24-18)11-21-15-5-3-4-6-16(15)22-19(25)13-7-9-14(20)10-8-13/h3-10,12,21H,11H2,1-2H3,(H,22,25). The van der Waals surface area contributed by atoms with Gasteiger partial charge in [0.25, 0.3) is 5.91 Å². The van der Waals surface area contributed by atoms with Crippen molar-refractivity contribution < 1.29 is 9.32 Å². The normalized spacial score (nSPS) is 10.8. The Labute approximate surface area is 156 Å². The molecule has 0 atom stereocenters. The molecule has 0 aliphatic rings. The molecule has 0 bridgehead atoms. The van der Waals surface area contributed by atoms with E-state index in [4.69, 9.17) is 16.1 Å². The van der Waals surface area contributed by atoms with Gasteiger partial charge in [-0.2, -0.15) is 4.98 Å². The molecule has 0 aliphatic heterocycles. The molecule has 134 valence electrons. The molecule has 3 rings (SSSR count). The van der Waals surface area contributed by atoms with Crippen LogP contribution in [0.2, 0.25) is 5.02 Å². The van der Waals surface area contributed by atoms with Crippen LogP contribution in [-0.4, -0.2) is 16.0 Å². The molecule has 0 fully saturated rings. The van der Waals surface area contributed by atoms with Gasteiger partial charge >= 0.3 is 0 Å². The minimum atomic E-state index is -0.212. The van der Waals surface area contributed by atoms with E-state index >= 15 is 0 Å². The molecule has 0 aliphatic carbocycles. The van der Waals surface area contributed by atoms with Crippen molar-refractivity contribution in [3.05, 3.63) is 70.8 Å². The van der Waals surface area contributed by atoms with Gasteiger partial charge in [-0.1, -0.05) is 42.7 Å². The summed E-state index contributed by atoms with van der Waals surface area (Å²) in [6.45, 7) is 4.38. The predicted octanol–water partition coefficient (Wildman–Crippen LogP) is 4.71. The summed E-state index contributed by atoms with van der Waals surface area (Å²) in [6, 6.07) is 14.2. The maximum Gasteiger partial charge on any atom is 0.255 e. The molecule has 0 saturated heterocycles. The summed E-state index contributed by atoms with van der Waals surface area (Å²) in [5.74, 6) is 1.16. The van der Waals surface area contributed by atoms with Gasteiger partial charge < -0.3 is 15.2 Å². The lowest BCUT2D eigenvalue weighted by Crippen LogP contribution is -2.13. The minimum Gasteiger partial charge on any atom is -0.374 e. The quantitative estimate of drug-likeness (QED) is 0.656. The highest BCUT2D eigenvalue weighted by atomic mass is 35.5. The Morgan fingerprint density at radius 3 is 2.46 bits per heavy atom. The van der Waals surface area contributed by atoms with E-state index in [0.717, 1.165) is 5.69 Å². The van der Waals surface area contributed by atoms with Crippen molar-refractivity contribution >= 4 is 28.9 Å². The molecule has 2 N–H and O–H groups in total. The fraction of sp³-hybridized carbons (Fsp3) is 0.211. The van der Waals surface area contributed by atoms with Crippen LogP contribution in [0, 0.1) is 0 Å². The van der Waals surface area contributed by atoms with Crippen molar-refractivity contribution in [3.63, 3.8) is 0 Å². The van der Waals surface area contributed by atoms with Gasteiger partial charge in [-0.05, 0) is 36.4 Å². The van der Waals surface area contributed by atoms with Crippen LogP contribution in [0.4, 0.5) is 11.4 Å². The zero-order valence-corrected chi connectivity index (χ0v) is 15.2. The van der Waals surface area contributed by atoms with Crippen molar-refractivity contribution in [3.8, 4) is 0 Å². The Kier molecular flexibility index (Phi) is 5.53. The number of hydrogen-bond acceptors (Lipinski definition) is 5. The third kappa shape index (κ3) is 4.40. The average molecular weight is 371 g/mol. The van der Waals surface area contributed by atoms with E-state index in [9.17, 15) is 4.79 Å². The lowest BCUT2D eigenvalue weighted by molar-refractivity contribution is 0.102. The van der Waals surface area contributed by atoms with E-state index in [2.05, 4.69) is 20.8 Å². The number of benzene rings is 2. The highest BCUT2D eigenvalue weighted by Crippen LogP contribution is 2.23. The smallest absolute Gasteiger partial charge is 0.255 e. The van der Waals surface area contributed by atoms with Crippen LogP contribution in [0.15, 0.2) is 53.1 Å². The maximum absolute atomic E-state index is 12.4. The molecule has 1 amide bonds. The largest absolute Gasteiger partial charge is 0.374 e. The van der Waals surface area contributed by atoms with Gasteiger partial charge in [-0.15, -0.1) is 0 Å². The average Bonchev–Trinajstić information content (AvgIpc) is 3.11. The van der Waals surface area contributed by atoms with Crippen LogP contribution >= 0.6 is 11.6 Å². The van der Waals surface area contributed by atoms with Gasteiger partial charge in [0.2, 0.25) is 5.89 Å². The Morgan fingerprint density at radius 2 is 1.81 bits per heavy atom. The number of para-hydroxylation sites is 2. The third-order valence-corrected chi connectivity index (χ3v) is 3.96. The van der Waals surface area contributed by atoms with Crippen LogP contribution in [-0.2, 0) is 6.54 Å². The topological polar surface area (TPSA) is 80.0 Å². The predicted molar refractivity (Wildman–Crippen MR) is 102 cm³/mol. The van der Waals surface area contributed by atoms with E-state index in [1.54, 1.807) is 24.3 Å². The summed E-state index contributed by atoms with van der Waals surface area (Å²) < 4.78 is 5.23. The second-order valence-electron chi connectivity index (χ2n) is 6.06. The van der Waals surface area contributed by atoms with E-state index < -0.39 is 0 Å². The maximum atomic E-state index is 12.4. The number of hydrogen-bond donors (Lipinski definition) is 2. The van der Waals surface area contributed by atoms with Crippen molar-refractivity contribution in [1.82, 2.24) is 10.1 Å². The first-order valence-electron chi connectivity index (χ1n) is 8.25. The molecular weight excluding hydrogens is 352 g/mol. The molecule has 0 unspecified atom stereocenters. The van der Waals surface area contributed by atoms with E-state index in [1.165, 1.54) is 0 Å². The third-order valence-electron chi connectivity index (χ3n) is 3.71. The van der Waals surface area contributed by atoms with Gasteiger partial charge in [0.1, 0.15) is 0 Å². The number of halogens is 1. The second kappa shape index (κ2) is 8.01. The number of carbonyl (C=O) groups is 1. The summed E-state index contributed by atoms with van der Waals surface area (Å²) in [4.78, 5) is 16.7. The lowest BCUT2D eigenvalue weighted by atomic mass is 10.2. The first-order valence-corrected chi connectivity index (χ1v) is 8.63. The number of aromatic nitrogens is 2. The van der Waals surface area contributed by atoms with E-state index in [-0.39, 0.29) is 11.8 Å². The van der Waals surface area contributed by atoms with Crippen LogP contribution in [0.3, 0.4) is 0 Å². The van der Waals surface area contributed by atoms with Crippen molar-refractivity contribution in [1.29, 1.82) is 0 Å². The number of carbonyl (C=O) groups excluding carboxylic acids is 1. The fourth-order valence-corrected chi connectivity index (χ4v) is 2.41. The van der Waals surface area contributed by atoms with Gasteiger partial charge in [0.05, 0.1) is 17.9 Å². The van der Waals surface area contributed by atoms with Crippen molar-refractivity contribution in [2.45, 2.75) is 26.3 Å². The minimum absolute atomic E-state index is 0.207. The van der Waals surface area contributed by atoms with Gasteiger partial charge in [0.15, 0.2) is 5.82 Å². The van der Waals surface area contributed by atoms with Crippen LogP contribution in [0.5, 0.6) is 0 Å². The van der Waals surface area contributed by atoms with Gasteiger partial charge in [0, 0.05) is 16.5 Å². The highest BCUT2D eigenvalue weighted by molar-refractivity contribution is 6.30. The van der Waals surface area contributed by atoms with Crippen LogP contribution in [0.25, 0.3) is 0 Å². The number of rotatable bonds is 6. The van der Waals surface area contributed by atoms with E-state index in [0.29, 0.717) is 34.5 Å². The Balaban J connectivity index is 1.69. The molecule has 0 spiro atoms. The first-order chi connectivity index (χ1) is 12.5.